The summed E-state index contributed by atoms with van der Waals surface area (Å²) in [7, 11) is -5.68. The number of rotatable bonds is 10. The summed E-state index contributed by atoms with van der Waals surface area (Å²) in [4.78, 5) is 0. The number of nitrogens with zero attached hydrogens (tertiary/aromatic N) is 1. The van der Waals surface area contributed by atoms with Crippen LogP contribution in [0.3, 0.4) is 0 Å². The summed E-state index contributed by atoms with van der Waals surface area (Å²) < 4.78 is 23.9. The Bertz CT molecular complexity index is 1020. The third kappa shape index (κ3) is 9.30. The molecule has 41 heavy (non-hydrogen) atoms. The molecule has 0 N–H and O–H groups in total. The molecular weight excluding hydrogens is 571 g/mol. The van der Waals surface area contributed by atoms with E-state index in [1.54, 1.807) is 0 Å². The van der Waals surface area contributed by atoms with Gasteiger partial charge in [-0.25, -0.2) is 0 Å². The van der Waals surface area contributed by atoms with E-state index in [9.17, 15) is 0 Å². The van der Waals surface area contributed by atoms with Crippen LogP contribution < -0.4 is 8.85 Å². The molecule has 0 aliphatic carbocycles. The van der Waals surface area contributed by atoms with E-state index in [1.807, 2.05) is 0 Å². The highest BCUT2D eigenvalue weighted by Gasteiger charge is 2.45. The van der Waals surface area contributed by atoms with Crippen molar-refractivity contribution in [2.75, 3.05) is 13.6 Å². The van der Waals surface area contributed by atoms with Gasteiger partial charge in [-0.3, -0.25) is 0 Å². The van der Waals surface area contributed by atoms with Crippen LogP contribution in [0.2, 0.25) is 72.5 Å². The monoisotopic (exact) mass is 639 g/mol. The summed E-state index contributed by atoms with van der Waals surface area (Å²) in [5.41, 5.74) is 1.19. The first kappa shape index (κ1) is 38.6. The minimum atomic E-state index is -2.12. The summed E-state index contributed by atoms with van der Waals surface area (Å²) >= 11 is 0. The van der Waals surface area contributed by atoms with Crippen LogP contribution in [0.5, 0.6) is 11.5 Å². The molecule has 0 aliphatic rings. The van der Waals surface area contributed by atoms with Crippen LogP contribution in [0.4, 0.5) is 0 Å². The second-order valence-corrected chi connectivity index (χ2v) is 38.1. The molecule has 0 saturated carbocycles. The first-order chi connectivity index (χ1) is 17.8. The SMILES string of the molecule is CN(CC(O[Si](C)(C)C(C)(C)C)c1ccc(O[Si](C)(C)C(C)(C)C)c(O[Si](C)(C)C(C)(C)C)c1)[Si](C)(C)C(C)(C)C. The fourth-order valence-corrected chi connectivity index (χ4v) is 8.62. The Balaban J connectivity index is 3.83. The Kier molecular flexibility index (Phi) is 11.5. The van der Waals surface area contributed by atoms with Crippen molar-refractivity contribution in [2.24, 2.45) is 0 Å². The smallest absolute Gasteiger partial charge is 0.250 e. The molecule has 0 heterocycles. The summed E-state index contributed by atoms with van der Waals surface area (Å²) in [5, 5.41) is 0.546. The highest BCUT2D eigenvalue weighted by Crippen LogP contribution is 2.46. The molecule has 0 amide bonds. The van der Waals surface area contributed by atoms with E-state index in [4.69, 9.17) is 13.3 Å². The number of hydrogen-bond acceptors (Lipinski definition) is 4. The summed E-state index contributed by atoms with van der Waals surface area (Å²) in [5.74, 6) is 1.77. The van der Waals surface area contributed by atoms with Gasteiger partial charge in [0.2, 0.25) is 0 Å². The minimum Gasteiger partial charge on any atom is -0.541 e. The molecule has 0 radical (unpaired) electrons. The Labute approximate surface area is 260 Å². The molecule has 1 unspecified atom stereocenters. The lowest BCUT2D eigenvalue weighted by Crippen LogP contribution is -2.55. The summed E-state index contributed by atoms with van der Waals surface area (Å²) in [6.45, 7) is 47.8. The third-order valence-electron chi connectivity index (χ3n) is 11.2. The van der Waals surface area contributed by atoms with E-state index in [1.165, 1.54) is 5.56 Å². The average molecular weight is 640 g/mol. The Morgan fingerprint density at radius 2 is 0.976 bits per heavy atom. The van der Waals surface area contributed by atoms with Crippen molar-refractivity contribution in [3.05, 3.63) is 23.8 Å². The normalized spacial score (nSPS) is 15.8. The minimum absolute atomic E-state index is 0.0429. The van der Waals surface area contributed by atoms with Crippen molar-refractivity contribution in [2.45, 2.75) is 162 Å². The molecule has 8 heteroatoms. The van der Waals surface area contributed by atoms with Crippen molar-refractivity contribution in [1.82, 2.24) is 4.57 Å². The van der Waals surface area contributed by atoms with Gasteiger partial charge in [0.1, 0.15) is 19.7 Å². The van der Waals surface area contributed by atoms with Crippen molar-refractivity contribution < 1.29 is 13.3 Å². The van der Waals surface area contributed by atoms with Gasteiger partial charge in [-0.15, -0.1) is 0 Å². The van der Waals surface area contributed by atoms with Gasteiger partial charge in [0, 0.05) is 6.54 Å². The standard InChI is InChI=1S/C33H69NO3Si4/c1-30(2,3)38(14,15)34(13)25-29(37-41(20,21)33(10,11)12)26-22-23-27(35-39(16,17)31(4,5)6)28(24-26)36-40(18,19)32(7,8)9/h22-24,29H,25H2,1-21H3. The fourth-order valence-electron chi connectivity index (χ4n) is 3.54. The Hall–Kier alpha value is -0.392. The largest absolute Gasteiger partial charge is 0.541 e. The highest BCUT2D eigenvalue weighted by molar-refractivity contribution is 6.77. The van der Waals surface area contributed by atoms with Crippen molar-refractivity contribution in [3.63, 3.8) is 0 Å². The van der Waals surface area contributed by atoms with Gasteiger partial charge in [-0.05, 0) is 84.2 Å². The van der Waals surface area contributed by atoms with Gasteiger partial charge in [0.25, 0.3) is 16.6 Å². The van der Waals surface area contributed by atoms with E-state index in [-0.39, 0.29) is 26.3 Å². The molecule has 0 aromatic heterocycles. The maximum atomic E-state index is 7.26. The molecule has 1 rings (SSSR count). The average Bonchev–Trinajstić information content (AvgIpc) is 2.70. The van der Waals surface area contributed by atoms with E-state index in [0.29, 0.717) is 0 Å². The topological polar surface area (TPSA) is 30.9 Å². The number of hydrogen-bond donors (Lipinski definition) is 0. The molecule has 0 bridgehead atoms. The van der Waals surface area contributed by atoms with Gasteiger partial charge >= 0.3 is 0 Å². The molecule has 1 atom stereocenters. The zero-order valence-electron chi connectivity index (χ0n) is 31.2. The van der Waals surface area contributed by atoms with Crippen LogP contribution in [-0.4, -0.2) is 51.3 Å². The molecule has 0 aliphatic heterocycles. The maximum absolute atomic E-state index is 7.26. The van der Waals surface area contributed by atoms with E-state index < -0.39 is 33.2 Å². The van der Waals surface area contributed by atoms with Gasteiger partial charge in [-0.2, -0.15) is 0 Å². The third-order valence-corrected chi connectivity index (χ3v) is 30.1. The van der Waals surface area contributed by atoms with Crippen molar-refractivity contribution in [1.29, 1.82) is 0 Å². The zero-order valence-corrected chi connectivity index (χ0v) is 35.2. The van der Waals surface area contributed by atoms with Crippen LogP contribution in [0.15, 0.2) is 18.2 Å². The van der Waals surface area contributed by atoms with Crippen molar-refractivity contribution >= 4 is 33.2 Å². The molecule has 4 nitrogen and oxygen atoms in total. The molecule has 0 saturated heterocycles. The fraction of sp³-hybridized carbons (Fsp3) is 0.818. The highest BCUT2D eigenvalue weighted by atomic mass is 28.4. The van der Waals surface area contributed by atoms with Crippen LogP contribution in [0, 0.1) is 0 Å². The molecule has 240 valence electrons. The van der Waals surface area contributed by atoms with Gasteiger partial charge in [0.05, 0.1) is 6.10 Å². The Morgan fingerprint density at radius 1 is 0.585 bits per heavy atom. The van der Waals surface area contributed by atoms with E-state index >= 15 is 0 Å². The van der Waals surface area contributed by atoms with E-state index in [0.717, 1.165) is 18.0 Å². The molecular formula is C33H69NO3Si4. The Morgan fingerprint density at radius 3 is 1.34 bits per heavy atom. The number of likely N-dealkylation sites (N-methyl/N-ethyl adjacent to an activating group) is 1. The van der Waals surface area contributed by atoms with Crippen LogP contribution in [0.1, 0.15) is 94.8 Å². The summed E-state index contributed by atoms with van der Waals surface area (Å²) in [6, 6.07) is 6.69. The van der Waals surface area contributed by atoms with Gasteiger partial charge < -0.3 is 17.8 Å². The van der Waals surface area contributed by atoms with Gasteiger partial charge in [-0.1, -0.05) is 102 Å². The predicted octanol–water partition coefficient (Wildman–Crippen LogP) is 11.5. The van der Waals surface area contributed by atoms with Gasteiger partial charge in [0.15, 0.2) is 8.32 Å². The second kappa shape index (κ2) is 12.2. The first-order valence-electron chi connectivity index (χ1n) is 15.7. The first-order valence-corrected chi connectivity index (χ1v) is 27.4. The predicted molar refractivity (Wildman–Crippen MR) is 193 cm³/mol. The quantitative estimate of drug-likeness (QED) is 0.238. The van der Waals surface area contributed by atoms with Crippen LogP contribution >= 0.6 is 0 Å². The lowest BCUT2D eigenvalue weighted by Gasteiger charge is -2.47. The maximum Gasteiger partial charge on any atom is 0.250 e. The molecule has 1 aromatic carbocycles. The molecule has 1 aromatic rings. The molecule has 0 spiro atoms. The molecule has 0 fully saturated rings. The zero-order chi connectivity index (χ0) is 32.8. The van der Waals surface area contributed by atoms with Crippen LogP contribution in [-0.2, 0) is 4.43 Å². The second-order valence-electron chi connectivity index (χ2n) is 18.5. The van der Waals surface area contributed by atoms with E-state index in [2.05, 4.69) is 165 Å². The van der Waals surface area contributed by atoms with Crippen molar-refractivity contribution in [3.8, 4) is 11.5 Å². The lowest BCUT2D eigenvalue weighted by molar-refractivity contribution is 0.157. The van der Waals surface area contributed by atoms with Crippen LogP contribution in [0.25, 0.3) is 0 Å². The lowest BCUT2D eigenvalue weighted by atomic mass is 10.1. The number of benzene rings is 1. The summed E-state index contributed by atoms with van der Waals surface area (Å²) in [6.07, 6.45) is -0.0429.